The number of nitriles is 1. The van der Waals surface area contributed by atoms with Gasteiger partial charge in [-0.2, -0.15) is 5.26 Å². The van der Waals surface area contributed by atoms with Crippen molar-refractivity contribution in [2.45, 2.75) is 56.9 Å². The van der Waals surface area contributed by atoms with E-state index >= 15 is 0 Å². The van der Waals surface area contributed by atoms with E-state index < -0.39 is 11.8 Å². The Kier molecular flexibility index (Phi) is 5.77. The molecule has 0 aromatic heterocycles. The molecule has 33 heavy (non-hydrogen) atoms. The van der Waals surface area contributed by atoms with E-state index in [1.807, 2.05) is 36.1 Å². The highest BCUT2D eigenvalue weighted by Gasteiger charge is 2.59. The molecular formula is C26H30N4O2S. The smallest absolute Gasteiger partial charge is 0.183 e. The van der Waals surface area contributed by atoms with Crippen LogP contribution in [0, 0.1) is 18.3 Å². The maximum absolute atomic E-state index is 11.4. The molecule has 7 heteroatoms. The topological polar surface area (TPSA) is 63.0 Å². The number of piperidine rings is 1. The van der Waals surface area contributed by atoms with Gasteiger partial charge >= 0.3 is 0 Å². The van der Waals surface area contributed by atoms with Crippen LogP contribution in [-0.2, 0) is 0 Å². The van der Waals surface area contributed by atoms with Gasteiger partial charge < -0.3 is 19.6 Å². The van der Waals surface area contributed by atoms with Crippen molar-refractivity contribution in [3.8, 4) is 11.8 Å². The van der Waals surface area contributed by atoms with Crippen molar-refractivity contribution in [3.05, 3.63) is 53.6 Å². The van der Waals surface area contributed by atoms with E-state index in [1.54, 1.807) is 6.07 Å². The van der Waals surface area contributed by atoms with Gasteiger partial charge in [-0.15, -0.1) is 0 Å². The van der Waals surface area contributed by atoms with Gasteiger partial charge in [-0.05, 0) is 106 Å². The molecule has 1 N–H and O–H groups in total. The first-order valence-electron chi connectivity index (χ1n) is 11.7. The highest BCUT2D eigenvalue weighted by molar-refractivity contribution is 7.80. The number of hydrogen-bond donors (Lipinski definition) is 1. The fraction of sp³-hybridized carbons (Fsp3) is 0.462. The lowest BCUT2D eigenvalue weighted by Gasteiger charge is -2.46. The fourth-order valence-corrected chi connectivity index (χ4v) is 5.78. The zero-order chi connectivity index (χ0) is 23.2. The summed E-state index contributed by atoms with van der Waals surface area (Å²) in [7, 11) is 2.15. The highest BCUT2D eigenvalue weighted by Crippen LogP contribution is 2.50. The molecule has 1 saturated carbocycles. The summed E-state index contributed by atoms with van der Waals surface area (Å²) >= 11 is 5.92. The molecule has 6 nitrogen and oxygen atoms in total. The van der Waals surface area contributed by atoms with Crippen molar-refractivity contribution in [2.24, 2.45) is 0 Å². The average molecular weight is 463 g/mol. The van der Waals surface area contributed by atoms with Gasteiger partial charge in [0.15, 0.2) is 11.3 Å². The van der Waals surface area contributed by atoms with Crippen LogP contribution in [0.4, 0.5) is 11.4 Å². The van der Waals surface area contributed by atoms with E-state index in [1.165, 1.54) is 0 Å². The molecule has 3 fully saturated rings. The molecule has 0 bridgehead atoms. The Hall–Kier alpha value is -2.66. The third-order valence-corrected chi connectivity index (χ3v) is 7.84. The molecule has 2 aromatic rings. The number of thiocarbonyl (C=S) groups is 1. The predicted octanol–water partition coefficient (Wildman–Crippen LogP) is 4.19. The summed E-state index contributed by atoms with van der Waals surface area (Å²) in [6.45, 7) is 4.04. The number of aliphatic hydroxyl groups is 1. The second-order valence-corrected chi connectivity index (χ2v) is 9.91. The summed E-state index contributed by atoms with van der Waals surface area (Å²) in [5.74, 6) is 0.876. The van der Waals surface area contributed by atoms with Crippen LogP contribution in [0.15, 0.2) is 42.5 Å². The highest BCUT2D eigenvalue weighted by atomic mass is 32.1. The summed E-state index contributed by atoms with van der Waals surface area (Å²) < 4.78 is 6.22. The van der Waals surface area contributed by atoms with Crippen molar-refractivity contribution < 1.29 is 9.84 Å². The number of ether oxygens (including phenoxy) is 1. The first-order chi connectivity index (χ1) is 15.9. The first kappa shape index (κ1) is 22.1. The van der Waals surface area contributed by atoms with Gasteiger partial charge in [0.2, 0.25) is 0 Å². The number of benzene rings is 2. The predicted molar refractivity (Wildman–Crippen MR) is 134 cm³/mol. The van der Waals surface area contributed by atoms with Crippen LogP contribution in [0.2, 0.25) is 0 Å². The standard InChI is InChI=1S/C26H30N4O2S/c1-18-16-21(5-4-19(18)17-27)29-24(31)26(12-3-13-26)30(25(29)33)20-6-8-22(9-7-20)32-23-10-14-28(2)15-11-23/h4-9,16,23-24,31H,3,10-15H2,1-2H3. The SMILES string of the molecule is Cc1cc(N2C(=S)N(c3ccc(OC4CCN(C)CC4)cc3)C3(CCC3)C2O)ccc1C#N. The van der Waals surface area contributed by atoms with E-state index in [9.17, 15) is 10.4 Å². The van der Waals surface area contributed by atoms with Crippen molar-refractivity contribution in [3.63, 3.8) is 0 Å². The van der Waals surface area contributed by atoms with E-state index in [-0.39, 0.29) is 6.10 Å². The summed E-state index contributed by atoms with van der Waals surface area (Å²) in [5.41, 5.74) is 2.88. The number of likely N-dealkylation sites (tertiary alicyclic amines) is 1. The Morgan fingerprint density at radius 2 is 1.76 bits per heavy atom. The Balaban J connectivity index is 1.40. The Labute approximate surface area is 201 Å². The van der Waals surface area contributed by atoms with Gasteiger partial charge in [-0.1, -0.05) is 0 Å². The maximum Gasteiger partial charge on any atom is 0.183 e. The molecule has 1 aliphatic carbocycles. The second kappa shape index (κ2) is 8.60. The normalized spacial score (nSPS) is 23.0. The molecule has 0 amide bonds. The van der Waals surface area contributed by atoms with Crippen LogP contribution in [0.5, 0.6) is 5.75 Å². The van der Waals surface area contributed by atoms with E-state index in [0.717, 1.165) is 67.9 Å². The van der Waals surface area contributed by atoms with Gasteiger partial charge in [0.05, 0.1) is 17.2 Å². The number of aryl methyl sites for hydroxylation is 1. The van der Waals surface area contributed by atoms with Crippen molar-refractivity contribution in [2.75, 3.05) is 29.9 Å². The summed E-state index contributed by atoms with van der Waals surface area (Å²) in [6.07, 6.45) is 4.44. The minimum atomic E-state index is -0.735. The molecule has 2 saturated heterocycles. The summed E-state index contributed by atoms with van der Waals surface area (Å²) in [6, 6.07) is 15.9. The molecule has 1 spiro atoms. The molecule has 3 aliphatic rings. The number of nitrogens with zero attached hydrogens (tertiary/aromatic N) is 4. The number of anilines is 2. The monoisotopic (exact) mass is 462 g/mol. The summed E-state index contributed by atoms with van der Waals surface area (Å²) in [5, 5.41) is 21.3. The van der Waals surface area contributed by atoms with Crippen molar-refractivity contribution >= 4 is 28.7 Å². The minimum Gasteiger partial charge on any atom is -0.490 e. The lowest BCUT2D eigenvalue weighted by molar-refractivity contribution is 0.0597. The number of aliphatic hydroxyl groups excluding tert-OH is 1. The number of hydrogen-bond acceptors (Lipinski definition) is 5. The molecule has 1 atom stereocenters. The summed E-state index contributed by atoms with van der Waals surface area (Å²) in [4.78, 5) is 6.30. The van der Waals surface area contributed by atoms with Gasteiger partial charge in [-0.25, -0.2) is 0 Å². The van der Waals surface area contributed by atoms with Crippen LogP contribution in [-0.4, -0.2) is 53.1 Å². The lowest BCUT2D eigenvalue weighted by Crippen LogP contribution is -2.57. The first-order valence-corrected chi connectivity index (χ1v) is 12.1. The minimum absolute atomic E-state index is 0.259. The van der Waals surface area contributed by atoms with E-state index in [0.29, 0.717) is 10.7 Å². The van der Waals surface area contributed by atoms with Crippen LogP contribution in [0.25, 0.3) is 0 Å². The number of rotatable bonds is 4. The zero-order valence-electron chi connectivity index (χ0n) is 19.2. The fourth-order valence-electron chi connectivity index (χ4n) is 5.29. The van der Waals surface area contributed by atoms with Crippen molar-refractivity contribution in [1.29, 1.82) is 5.26 Å². The molecule has 172 valence electrons. The Morgan fingerprint density at radius 1 is 1.09 bits per heavy atom. The molecule has 2 aromatic carbocycles. The van der Waals surface area contributed by atoms with Gasteiger partial charge in [0.1, 0.15) is 11.9 Å². The molecule has 1 unspecified atom stereocenters. The third kappa shape index (κ3) is 3.76. The zero-order valence-corrected chi connectivity index (χ0v) is 20.0. The average Bonchev–Trinajstić information content (AvgIpc) is 3.02. The Morgan fingerprint density at radius 3 is 2.33 bits per heavy atom. The van der Waals surface area contributed by atoms with Gasteiger partial charge in [0, 0.05) is 24.5 Å². The van der Waals surface area contributed by atoms with Gasteiger partial charge in [-0.3, -0.25) is 4.90 Å². The third-order valence-electron chi connectivity index (χ3n) is 7.46. The van der Waals surface area contributed by atoms with Crippen LogP contribution in [0.3, 0.4) is 0 Å². The van der Waals surface area contributed by atoms with Gasteiger partial charge in [0.25, 0.3) is 0 Å². The van der Waals surface area contributed by atoms with Crippen LogP contribution >= 0.6 is 12.2 Å². The van der Waals surface area contributed by atoms with Crippen LogP contribution < -0.4 is 14.5 Å². The maximum atomic E-state index is 11.4. The quantitative estimate of drug-likeness (QED) is 0.684. The van der Waals surface area contributed by atoms with Crippen molar-refractivity contribution in [1.82, 2.24) is 4.90 Å². The molecule has 2 aliphatic heterocycles. The lowest BCUT2D eigenvalue weighted by atomic mass is 9.74. The second-order valence-electron chi connectivity index (χ2n) is 9.54. The molecule has 2 heterocycles. The van der Waals surface area contributed by atoms with Crippen LogP contribution in [0.1, 0.15) is 43.2 Å². The largest absolute Gasteiger partial charge is 0.490 e. The molecule has 5 rings (SSSR count). The molecular weight excluding hydrogens is 432 g/mol. The van der Waals surface area contributed by atoms with E-state index in [4.69, 9.17) is 17.0 Å². The van der Waals surface area contributed by atoms with E-state index in [2.05, 4.69) is 35.0 Å². The Bertz CT molecular complexity index is 1080. The molecule has 0 radical (unpaired) electrons.